The third kappa shape index (κ3) is 6.04. The van der Waals surface area contributed by atoms with Gasteiger partial charge in [-0.3, -0.25) is 0 Å². The van der Waals surface area contributed by atoms with Crippen LogP contribution in [0.2, 0.25) is 0 Å². The van der Waals surface area contributed by atoms with Crippen LogP contribution in [0, 0.1) is 0 Å². The first-order chi connectivity index (χ1) is 27.8. The Bertz CT molecular complexity index is 2930. The highest BCUT2D eigenvalue weighted by Crippen LogP contribution is 2.48. The summed E-state index contributed by atoms with van der Waals surface area (Å²) in [5.41, 5.74) is 16.6. The number of rotatable bonds is 8. The van der Waals surface area contributed by atoms with Gasteiger partial charge in [-0.15, -0.1) is 0 Å². The lowest BCUT2D eigenvalue weighted by atomic mass is 9.87. The van der Waals surface area contributed by atoms with Crippen molar-refractivity contribution in [2.45, 2.75) is 0 Å². The number of fused-ring (bicyclic) bond motifs is 3. The monoisotopic (exact) mass is 715 g/mol. The molecule has 0 atom stereocenters. The van der Waals surface area contributed by atoms with E-state index < -0.39 is 0 Å². The average Bonchev–Trinajstić information content (AvgIpc) is 3.67. The molecule has 0 aliphatic carbocycles. The maximum atomic E-state index is 6.46. The van der Waals surface area contributed by atoms with Gasteiger partial charge < -0.3 is 9.32 Å². The van der Waals surface area contributed by atoms with Crippen LogP contribution < -0.4 is 4.90 Å². The van der Waals surface area contributed by atoms with Gasteiger partial charge in [0.05, 0.1) is 5.69 Å². The first-order valence-electron chi connectivity index (χ1n) is 19.1. The van der Waals surface area contributed by atoms with E-state index in [1.54, 1.807) is 0 Å². The molecule has 0 aliphatic rings. The van der Waals surface area contributed by atoms with Gasteiger partial charge in [0.2, 0.25) is 0 Å². The van der Waals surface area contributed by atoms with Crippen LogP contribution in [0.5, 0.6) is 0 Å². The minimum Gasteiger partial charge on any atom is -0.455 e. The van der Waals surface area contributed by atoms with E-state index in [-0.39, 0.29) is 0 Å². The van der Waals surface area contributed by atoms with Gasteiger partial charge in [0.1, 0.15) is 11.2 Å². The maximum absolute atomic E-state index is 6.46. The molecule has 0 saturated carbocycles. The fraction of sp³-hybridized carbons (Fsp3) is 0. The normalized spacial score (nSPS) is 11.2. The molecule has 9 aromatic carbocycles. The Hall–Kier alpha value is -7.42. The van der Waals surface area contributed by atoms with Gasteiger partial charge in [-0.1, -0.05) is 188 Å². The van der Waals surface area contributed by atoms with Crippen molar-refractivity contribution in [2.75, 3.05) is 4.90 Å². The third-order valence-corrected chi connectivity index (χ3v) is 10.7. The summed E-state index contributed by atoms with van der Waals surface area (Å²) in [6, 6.07) is 80.1. The lowest BCUT2D eigenvalue weighted by Gasteiger charge is -2.30. The van der Waals surface area contributed by atoms with Gasteiger partial charge in [0.25, 0.3) is 0 Å². The molecule has 264 valence electrons. The van der Waals surface area contributed by atoms with Crippen molar-refractivity contribution in [3.05, 3.63) is 224 Å². The van der Waals surface area contributed by atoms with E-state index in [0.29, 0.717) is 0 Å². The molecule has 0 fully saturated rings. The lowest BCUT2D eigenvalue weighted by molar-refractivity contribution is 0.670. The molecule has 0 bridgehead atoms. The van der Waals surface area contributed by atoms with Gasteiger partial charge >= 0.3 is 0 Å². The summed E-state index contributed by atoms with van der Waals surface area (Å²) in [6.45, 7) is 0. The molecular weight excluding hydrogens is 679 g/mol. The molecule has 0 spiro atoms. The highest BCUT2D eigenvalue weighted by atomic mass is 16.3. The smallest absolute Gasteiger partial charge is 0.143 e. The van der Waals surface area contributed by atoms with E-state index in [4.69, 9.17) is 4.42 Å². The number of furan rings is 1. The van der Waals surface area contributed by atoms with E-state index in [1.165, 1.54) is 44.5 Å². The number of para-hydroxylation sites is 2. The van der Waals surface area contributed by atoms with Crippen LogP contribution in [-0.4, -0.2) is 0 Å². The minimum absolute atomic E-state index is 0.901. The molecule has 0 aliphatic heterocycles. The zero-order valence-corrected chi connectivity index (χ0v) is 30.7. The number of anilines is 3. The van der Waals surface area contributed by atoms with Gasteiger partial charge in [0.15, 0.2) is 0 Å². The summed E-state index contributed by atoms with van der Waals surface area (Å²) in [5.74, 6) is 0. The van der Waals surface area contributed by atoms with E-state index in [1.807, 2.05) is 12.1 Å². The molecule has 0 unspecified atom stereocenters. The van der Waals surface area contributed by atoms with Crippen LogP contribution >= 0.6 is 0 Å². The van der Waals surface area contributed by atoms with Crippen LogP contribution in [-0.2, 0) is 0 Å². The van der Waals surface area contributed by atoms with Crippen molar-refractivity contribution in [3.8, 4) is 55.6 Å². The molecule has 2 nitrogen and oxygen atoms in total. The summed E-state index contributed by atoms with van der Waals surface area (Å²) in [4.78, 5) is 2.41. The summed E-state index contributed by atoms with van der Waals surface area (Å²) < 4.78 is 6.46. The molecular formula is C54H37NO. The molecule has 0 saturated heterocycles. The van der Waals surface area contributed by atoms with Gasteiger partial charge in [-0.05, 0) is 80.9 Å². The lowest BCUT2D eigenvalue weighted by Crippen LogP contribution is -2.12. The van der Waals surface area contributed by atoms with Crippen molar-refractivity contribution in [1.82, 2.24) is 0 Å². The number of benzene rings is 9. The van der Waals surface area contributed by atoms with Gasteiger partial charge in [0, 0.05) is 33.3 Å². The minimum atomic E-state index is 0.901. The van der Waals surface area contributed by atoms with Crippen molar-refractivity contribution in [1.29, 1.82) is 0 Å². The molecule has 0 amide bonds. The Morgan fingerprint density at radius 3 is 1.41 bits per heavy atom. The standard InChI is InChI=1S/C54H37NO/c1-4-16-38(17-5-1)39-30-34-43(35-31-39)55(44-36-32-42(33-37-44)47-26-14-27-50-48-23-12-13-29-52(48)56-54(47)50)51-28-15-25-46(41-20-8-3-9-21-41)53(51)49-24-11-10-22-45(49)40-18-6-2-7-19-40/h1-37H. The van der Waals surface area contributed by atoms with E-state index in [0.717, 1.165) is 50.1 Å². The second-order valence-electron chi connectivity index (χ2n) is 14.1. The topological polar surface area (TPSA) is 16.4 Å². The number of hydrogen-bond donors (Lipinski definition) is 0. The fourth-order valence-corrected chi connectivity index (χ4v) is 8.06. The summed E-state index contributed by atoms with van der Waals surface area (Å²) >= 11 is 0. The zero-order chi connectivity index (χ0) is 37.3. The fourth-order valence-electron chi connectivity index (χ4n) is 8.06. The van der Waals surface area contributed by atoms with Crippen LogP contribution in [0.15, 0.2) is 229 Å². The average molecular weight is 716 g/mol. The third-order valence-electron chi connectivity index (χ3n) is 10.7. The SMILES string of the molecule is c1ccc(-c2ccc(N(c3ccc(-c4cccc5c4oc4ccccc45)cc3)c3cccc(-c4ccccc4)c3-c3ccccc3-c3ccccc3)cc2)cc1. The van der Waals surface area contributed by atoms with Crippen LogP contribution in [0.4, 0.5) is 17.1 Å². The van der Waals surface area contributed by atoms with E-state index in [2.05, 4.69) is 217 Å². The van der Waals surface area contributed by atoms with E-state index >= 15 is 0 Å². The molecule has 10 rings (SSSR count). The Morgan fingerprint density at radius 1 is 0.286 bits per heavy atom. The quantitative estimate of drug-likeness (QED) is 0.156. The first-order valence-corrected chi connectivity index (χ1v) is 19.1. The first kappa shape index (κ1) is 33.2. The predicted molar refractivity (Wildman–Crippen MR) is 236 cm³/mol. The Balaban J connectivity index is 1.19. The maximum Gasteiger partial charge on any atom is 0.143 e. The summed E-state index contributed by atoms with van der Waals surface area (Å²) in [5, 5.41) is 2.26. The predicted octanol–water partition coefficient (Wildman–Crippen LogP) is 15.4. The molecule has 0 radical (unpaired) electrons. The number of nitrogens with zero attached hydrogens (tertiary/aromatic N) is 1. The summed E-state index contributed by atoms with van der Waals surface area (Å²) in [6.07, 6.45) is 0. The largest absolute Gasteiger partial charge is 0.455 e. The molecule has 0 N–H and O–H groups in total. The van der Waals surface area contributed by atoms with Crippen molar-refractivity contribution in [2.24, 2.45) is 0 Å². The van der Waals surface area contributed by atoms with Crippen molar-refractivity contribution < 1.29 is 4.42 Å². The van der Waals surface area contributed by atoms with Gasteiger partial charge in [-0.2, -0.15) is 0 Å². The highest BCUT2D eigenvalue weighted by molar-refractivity contribution is 6.09. The molecule has 1 aromatic heterocycles. The van der Waals surface area contributed by atoms with Crippen LogP contribution in [0.1, 0.15) is 0 Å². The van der Waals surface area contributed by atoms with Crippen molar-refractivity contribution in [3.63, 3.8) is 0 Å². The Labute approximate surface area is 327 Å². The Kier molecular flexibility index (Phi) is 8.55. The highest BCUT2D eigenvalue weighted by Gasteiger charge is 2.23. The molecule has 56 heavy (non-hydrogen) atoms. The van der Waals surface area contributed by atoms with Gasteiger partial charge in [-0.25, -0.2) is 0 Å². The molecule has 10 aromatic rings. The number of hydrogen-bond acceptors (Lipinski definition) is 2. The van der Waals surface area contributed by atoms with E-state index in [9.17, 15) is 0 Å². The van der Waals surface area contributed by atoms with Crippen molar-refractivity contribution >= 4 is 39.0 Å². The second kappa shape index (κ2) is 14.4. The van der Waals surface area contributed by atoms with Crippen LogP contribution in [0.25, 0.3) is 77.6 Å². The molecule has 1 heterocycles. The Morgan fingerprint density at radius 2 is 0.732 bits per heavy atom. The van der Waals surface area contributed by atoms with Crippen LogP contribution in [0.3, 0.4) is 0 Å². The second-order valence-corrected chi connectivity index (χ2v) is 14.1. The molecule has 2 heteroatoms. The summed E-state index contributed by atoms with van der Waals surface area (Å²) in [7, 11) is 0. The zero-order valence-electron chi connectivity index (χ0n) is 30.7.